The molecule has 92 valence electrons. The number of hydrogen-bond acceptors (Lipinski definition) is 3. The van der Waals surface area contributed by atoms with E-state index >= 15 is 0 Å². The highest BCUT2D eigenvalue weighted by molar-refractivity contribution is 5.77. The molecule has 0 aromatic rings. The minimum absolute atomic E-state index is 0.199. The van der Waals surface area contributed by atoms with Gasteiger partial charge in [-0.1, -0.05) is 6.92 Å². The van der Waals surface area contributed by atoms with Crippen LogP contribution in [0.2, 0.25) is 0 Å². The average molecular weight is 226 g/mol. The third-order valence-corrected chi connectivity index (χ3v) is 3.82. The fourth-order valence-electron chi connectivity index (χ4n) is 2.48. The van der Waals surface area contributed by atoms with E-state index in [9.17, 15) is 9.90 Å². The molecule has 2 heterocycles. The zero-order chi connectivity index (χ0) is 11.6. The molecule has 4 heteroatoms. The molecule has 1 N–H and O–H groups in total. The molecule has 2 aliphatic rings. The Labute approximate surface area is 97.2 Å². The number of amides is 1. The van der Waals surface area contributed by atoms with Crippen molar-refractivity contribution in [2.24, 2.45) is 0 Å². The summed E-state index contributed by atoms with van der Waals surface area (Å²) in [5, 5.41) is 9.81. The van der Waals surface area contributed by atoms with Gasteiger partial charge in [0.1, 0.15) is 0 Å². The van der Waals surface area contributed by atoms with Crippen LogP contribution in [0.25, 0.3) is 0 Å². The van der Waals surface area contributed by atoms with Gasteiger partial charge in [-0.25, -0.2) is 0 Å². The van der Waals surface area contributed by atoms with E-state index in [0.29, 0.717) is 19.5 Å². The van der Waals surface area contributed by atoms with E-state index in [1.165, 1.54) is 12.8 Å². The van der Waals surface area contributed by atoms with E-state index in [2.05, 4.69) is 4.90 Å². The van der Waals surface area contributed by atoms with Crippen LogP contribution in [0.5, 0.6) is 0 Å². The van der Waals surface area contributed by atoms with Crippen LogP contribution in [0, 0.1) is 0 Å². The Balaban J connectivity index is 1.65. The number of hydrogen-bond donors (Lipinski definition) is 1. The van der Waals surface area contributed by atoms with Gasteiger partial charge in [0.05, 0.1) is 18.7 Å². The SMILES string of the molecule is CCC1(O)CN(C(=O)CCN2CCCC2)C1. The van der Waals surface area contributed by atoms with Gasteiger partial charge in [-0.15, -0.1) is 0 Å². The van der Waals surface area contributed by atoms with Crippen LogP contribution in [-0.2, 0) is 4.79 Å². The quantitative estimate of drug-likeness (QED) is 0.757. The Morgan fingerprint density at radius 3 is 2.50 bits per heavy atom. The molecule has 0 aliphatic carbocycles. The lowest BCUT2D eigenvalue weighted by molar-refractivity contribution is -0.156. The standard InChI is InChI=1S/C12H22N2O2/c1-2-12(16)9-14(10-12)11(15)5-8-13-6-3-4-7-13/h16H,2-10H2,1H3. The highest BCUT2D eigenvalue weighted by Gasteiger charge is 2.41. The van der Waals surface area contributed by atoms with Crippen LogP contribution >= 0.6 is 0 Å². The molecule has 0 bridgehead atoms. The molecular weight excluding hydrogens is 204 g/mol. The largest absolute Gasteiger partial charge is 0.386 e. The van der Waals surface area contributed by atoms with Crippen molar-refractivity contribution in [1.29, 1.82) is 0 Å². The summed E-state index contributed by atoms with van der Waals surface area (Å²) < 4.78 is 0. The number of rotatable bonds is 4. The first kappa shape index (κ1) is 11.9. The van der Waals surface area contributed by atoms with Crippen LogP contribution in [0.3, 0.4) is 0 Å². The predicted molar refractivity (Wildman–Crippen MR) is 62.1 cm³/mol. The van der Waals surface area contributed by atoms with Crippen LogP contribution in [0.4, 0.5) is 0 Å². The van der Waals surface area contributed by atoms with Crippen molar-refractivity contribution in [3.8, 4) is 0 Å². The Morgan fingerprint density at radius 1 is 1.31 bits per heavy atom. The molecule has 0 spiro atoms. The van der Waals surface area contributed by atoms with Crippen molar-refractivity contribution in [2.75, 3.05) is 32.7 Å². The van der Waals surface area contributed by atoms with Crippen molar-refractivity contribution < 1.29 is 9.90 Å². The average Bonchev–Trinajstić information content (AvgIpc) is 2.74. The number of likely N-dealkylation sites (tertiary alicyclic amines) is 2. The van der Waals surface area contributed by atoms with E-state index in [0.717, 1.165) is 26.1 Å². The van der Waals surface area contributed by atoms with E-state index in [4.69, 9.17) is 0 Å². The van der Waals surface area contributed by atoms with Gasteiger partial charge in [0.2, 0.25) is 5.91 Å². The van der Waals surface area contributed by atoms with Crippen molar-refractivity contribution in [2.45, 2.75) is 38.2 Å². The maximum absolute atomic E-state index is 11.8. The minimum atomic E-state index is -0.594. The van der Waals surface area contributed by atoms with Gasteiger partial charge in [0.15, 0.2) is 0 Å². The Hall–Kier alpha value is -0.610. The molecule has 0 atom stereocenters. The summed E-state index contributed by atoms with van der Waals surface area (Å²) >= 11 is 0. The first-order valence-electron chi connectivity index (χ1n) is 6.35. The van der Waals surface area contributed by atoms with Gasteiger partial charge >= 0.3 is 0 Å². The zero-order valence-corrected chi connectivity index (χ0v) is 10.1. The molecule has 0 aromatic heterocycles. The first-order valence-corrected chi connectivity index (χ1v) is 6.35. The third kappa shape index (κ3) is 2.55. The highest BCUT2D eigenvalue weighted by Crippen LogP contribution is 2.24. The first-order chi connectivity index (χ1) is 7.63. The van der Waals surface area contributed by atoms with Crippen LogP contribution in [0.15, 0.2) is 0 Å². The van der Waals surface area contributed by atoms with E-state index in [1.54, 1.807) is 4.90 Å². The number of carbonyl (C=O) groups is 1. The number of aliphatic hydroxyl groups is 1. The predicted octanol–water partition coefficient (Wildman–Crippen LogP) is 0.456. The molecule has 1 amide bonds. The van der Waals surface area contributed by atoms with Crippen molar-refractivity contribution in [3.05, 3.63) is 0 Å². The topological polar surface area (TPSA) is 43.8 Å². The fraction of sp³-hybridized carbons (Fsp3) is 0.917. The maximum Gasteiger partial charge on any atom is 0.224 e. The fourth-order valence-corrected chi connectivity index (χ4v) is 2.48. The highest BCUT2D eigenvalue weighted by atomic mass is 16.3. The Bertz CT molecular complexity index is 256. The summed E-state index contributed by atoms with van der Waals surface area (Å²) in [5.41, 5.74) is -0.594. The molecule has 2 rings (SSSR count). The summed E-state index contributed by atoms with van der Waals surface area (Å²) in [6.07, 6.45) is 3.89. The Kier molecular flexibility index (Phi) is 3.50. The summed E-state index contributed by atoms with van der Waals surface area (Å²) in [5.74, 6) is 0.199. The summed E-state index contributed by atoms with van der Waals surface area (Å²) in [4.78, 5) is 15.9. The number of nitrogens with zero attached hydrogens (tertiary/aromatic N) is 2. The van der Waals surface area contributed by atoms with Gasteiger partial charge in [0.25, 0.3) is 0 Å². The lowest BCUT2D eigenvalue weighted by Gasteiger charge is -2.46. The van der Waals surface area contributed by atoms with E-state index in [-0.39, 0.29) is 5.91 Å². The maximum atomic E-state index is 11.8. The number of β-amino-alcohol motifs (C(OH)–C–C–N with tert-alkyl or cyclic N) is 1. The Morgan fingerprint density at radius 2 is 1.94 bits per heavy atom. The molecule has 2 fully saturated rings. The van der Waals surface area contributed by atoms with Crippen molar-refractivity contribution >= 4 is 5.91 Å². The van der Waals surface area contributed by atoms with Crippen LogP contribution in [-0.4, -0.2) is 59.1 Å². The molecule has 2 aliphatic heterocycles. The van der Waals surface area contributed by atoms with Crippen LogP contribution < -0.4 is 0 Å². The smallest absolute Gasteiger partial charge is 0.224 e. The summed E-state index contributed by atoms with van der Waals surface area (Å²) in [7, 11) is 0. The molecule has 16 heavy (non-hydrogen) atoms. The van der Waals surface area contributed by atoms with Crippen LogP contribution in [0.1, 0.15) is 32.6 Å². The van der Waals surface area contributed by atoms with Gasteiger partial charge in [0, 0.05) is 13.0 Å². The van der Waals surface area contributed by atoms with Gasteiger partial charge in [-0.05, 0) is 32.4 Å². The van der Waals surface area contributed by atoms with Crippen molar-refractivity contribution in [3.63, 3.8) is 0 Å². The molecule has 4 nitrogen and oxygen atoms in total. The van der Waals surface area contributed by atoms with Gasteiger partial charge in [-0.2, -0.15) is 0 Å². The zero-order valence-electron chi connectivity index (χ0n) is 10.1. The van der Waals surface area contributed by atoms with E-state index in [1.807, 2.05) is 6.92 Å². The molecule has 0 aromatic carbocycles. The van der Waals surface area contributed by atoms with Gasteiger partial charge in [-0.3, -0.25) is 4.79 Å². The lowest BCUT2D eigenvalue weighted by atomic mass is 9.91. The molecule has 0 saturated carbocycles. The summed E-state index contributed by atoms with van der Waals surface area (Å²) in [6.45, 7) is 6.20. The second kappa shape index (κ2) is 4.72. The van der Waals surface area contributed by atoms with Gasteiger partial charge < -0.3 is 14.9 Å². The minimum Gasteiger partial charge on any atom is -0.386 e. The lowest BCUT2D eigenvalue weighted by Crippen LogP contribution is -2.63. The molecule has 0 radical (unpaired) electrons. The normalized spacial score (nSPS) is 24.5. The molecule has 0 unspecified atom stereocenters. The monoisotopic (exact) mass is 226 g/mol. The number of carbonyl (C=O) groups excluding carboxylic acids is 1. The molecule has 2 saturated heterocycles. The summed E-state index contributed by atoms with van der Waals surface area (Å²) in [6, 6.07) is 0. The van der Waals surface area contributed by atoms with E-state index < -0.39 is 5.60 Å². The second-order valence-corrected chi connectivity index (χ2v) is 5.13. The third-order valence-electron chi connectivity index (χ3n) is 3.82. The second-order valence-electron chi connectivity index (χ2n) is 5.13. The molecular formula is C12H22N2O2. The van der Waals surface area contributed by atoms with Crippen molar-refractivity contribution in [1.82, 2.24) is 9.80 Å².